The molecule has 0 fully saturated rings. The fourth-order valence-corrected chi connectivity index (χ4v) is 3.00. The minimum Gasteiger partial charge on any atom is -0.467 e. The lowest BCUT2D eigenvalue weighted by Crippen LogP contribution is -2.27. The van der Waals surface area contributed by atoms with Gasteiger partial charge in [-0.05, 0) is 51.1 Å². The average molecular weight is 420 g/mol. The number of anilines is 1. The summed E-state index contributed by atoms with van der Waals surface area (Å²) in [6.45, 7) is 5.81. The van der Waals surface area contributed by atoms with Crippen LogP contribution in [0.5, 0.6) is 5.75 Å². The highest BCUT2D eigenvalue weighted by atomic mass is 35.5. The van der Waals surface area contributed by atoms with Gasteiger partial charge in [-0.3, -0.25) is 5.32 Å². The number of carbonyl (C=O) groups is 2. The number of ether oxygens (including phenoxy) is 4. The van der Waals surface area contributed by atoms with Crippen molar-refractivity contribution in [3.8, 4) is 5.75 Å². The molecule has 0 saturated carbocycles. The molecule has 2 aromatic rings. The van der Waals surface area contributed by atoms with E-state index in [1.165, 1.54) is 6.07 Å². The zero-order chi connectivity index (χ0) is 21.0. The second-order valence-corrected chi connectivity index (χ2v) is 7.88. The van der Waals surface area contributed by atoms with Crippen LogP contribution in [0.4, 0.5) is 10.5 Å². The van der Waals surface area contributed by atoms with Crippen LogP contribution < -0.4 is 10.1 Å². The number of amides is 1. The smallest absolute Gasteiger partial charge is 0.412 e. The Kier molecular flexibility index (Phi) is 6.30. The third-order valence-corrected chi connectivity index (χ3v) is 4.07. The zero-order valence-electron chi connectivity index (χ0n) is 16.4. The molecular formula is C21H22ClNO6. The lowest BCUT2D eigenvalue weighted by atomic mass is 10.1. The molecule has 1 amide bonds. The number of nitrogens with one attached hydrogen (secondary N) is 1. The normalized spacial score (nSPS) is 13.1. The van der Waals surface area contributed by atoms with E-state index in [2.05, 4.69) is 5.32 Å². The third-order valence-electron chi connectivity index (χ3n) is 3.85. The molecule has 0 saturated heterocycles. The minimum atomic E-state index is -0.621. The summed E-state index contributed by atoms with van der Waals surface area (Å²) in [5, 5.41) is 3.10. The molecule has 0 bridgehead atoms. The Morgan fingerprint density at radius 2 is 2.00 bits per heavy atom. The van der Waals surface area contributed by atoms with Crippen LogP contribution in [0, 0.1) is 0 Å². The fourth-order valence-electron chi connectivity index (χ4n) is 2.74. The predicted molar refractivity (Wildman–Crippen MR) is 107 cm³/mol. The van der Waals surface area contributed by atoms with Gasteiger partial charge in [0.05, 0.1) is 12.2 Å². The van der Waals surface area contributed by atoms with Gasteiger partial charge in [-0.15, -0.1) is 0 Å². The van der Waals surface area contributed by atoms with E-state index in [-0.39, 0.29) is 13.4 Å². The van der Waals surface area contributed by atoms with Crippen LogP contribution in [0.15, 0.2) is 36.4 Å². The van der Waals surface area contributed by atoms with Crippen molar-refractivity contribution < 1.29 is 28.5 Å². The Morgan fingerprint density at radius 1 is 1.21 bits per heavy atom. The predicted octanol–water partition coefficient (Wildman–Crippen LogP) is 4.91. The highest BCUT2D eigenvalue weighted by Crippen LogP contribution is 2.32. The number of carbonyl (C=O) groups excluding carboxylic acids is 2. The van der Waals surface area contributed by atoms with Gasteiger partial charge in [-0.1, -0.05) is 17.7 Å². The first kappa shape index (κ1) is 21.0. The molecule has 0 atom stereocenters. The largest absolute Gasteiger partial charge is 0.467 e. The van der Waals surface area contributed by atoms with Crippen LogP contribution in [-0.2, 0) is 27.4 Å². The maximum Gasteiger partial charge on any atom is 0.412 e. The molecule has 8 heteroatoms. The van der Waals surface area contributed by atoms with Gasteiger partial charge < -0.3 is 18.9 Å². The monoisotopic (exact) mass is 419 g/mol. The summed E-state index contributed by atoms with van der Waals surface area (Å²) in [5.41, 5.74) is 1.56. The number of hydrogen-bond donors (Lipinski definition) is 1. The van der Waals surface area contributed by atoms with E-state index < -0.39 is 17.7 Å². The molecule has 154 valence electrons. The molecule has 1 aliphatic heterocycles. The summed E-state index contributed by atoms with van der Waals surface area (Å²) < 4.78 is 21.4. The molecule has 1 heterocycles. The van der Waals surface area contributed by atoms with Gasteiger partial charge in [0.15, 0.2) is 6.79 Å². The number of halogens is 1. The second-order valence-electron chi connectivity index (χ2n) is 7.45. The number of esters is 1. The first-order chi connectivity index (χ1) is 13.7. The first-order valence-electron chi connectivity index (χ1n) is 9.00. The van der Waals surface area contributed by atoms with E-state index in [1.54, 1.807) is 51.1 Å². The van der Waals surface area contributed by atoms with E-state index in [4.69, 9.17) is 30.5 Å². The average Bonchev–Trinajstić information content (AvgIpc) is 2.64. The summed E-state index contributed by atoms with van der Waals surface area (Å²) in [5.74, 6) is 0.0763. The van der Waals surface area contributed by atoms with Crippen LogP contribution >= 0.6 is 11.6 Å². The molecule has 2 aromatic carbocycles. The molecule has 0 spiro atoms. The van der Waals surface area contributed by atoms with E-state index in [9.17, 15) is 9.59 Å². The molecule has 1 aliphatic rings. The highest BCUT2D eigenvalue weighted by molar-refractivity contribution is 6.30. The van der Waals surface area contributed by atoms with E-state index in [1.807, 2.05) is 0 Å². The van der Waals surface area contributed by atoms with Crippen LogP contribution in [0.2, 0.25) is 5.02 Å². The van der Waals surface area contributed by atoms with E-state index in [0.29, 0.717) is 34.2 Å². The van der Waals surface area contributed by atoms with Crippen LogP contribution in [0.3, 0.4) is 0 Å². The van der Waals surface area contributed by atoms with Crippen molar-refractivity contribution in [2.75, 3.05) is 12.1 Å². The summed E-state index contributed by atoms with van der Waals surface area (Å²) in [4.78, 5) is 24.4. The SMILES string of the molecule is CC(C)(C)OC(=O)Nc1cccc(C(=O)OCc2cc(Cl)cc3c2OCOC3)c1. The van der Waals surface area contributed by atoms with Gasteiger partial charge in [-0.2, -0.15) is 0 Å². The van der Waals surface area contributed by atoms with Crippen LogP contribution in [-0.4, -0.2) is 24.5 Å². The molecule has 0 unspecified atom stereocenters. The van der Waals surface area contributed by atoms with Crippen molar-refractivity contribution in [1.82, 2.24) is 0 Å². The first-order valence-corrected chi connectivity index (χ1v) is 9.38. The maximum atomic E-state index is 12.5. The molecule has 0 aliphatic carbocycles. The Morgan fingerprint density at radius 3 is 2.76 bits per heavy atom. The third kappa shape index (κ3) is 5.85. The van der Waals surface area contributed by atoms with Crippen molar-refractivity contribution in [3.63, 3.8) is 0 Å². The van der Waals surface area contributed by atoms with Gasteiger partial charge in [0.25, 0.3) is 0 Å². The van der Waals surface area contributed by atoms with Crippen molar-refractivity contribution in [2.24, 2.45) is 0 Å². The van der Waals surface area contributed by atoms with Gasteiger partial charge in [-0.25, -0.2) is 9.59 Å². The molecule has 3 rings (SSSR count). The van der Waals surface area contributed by atoms with E-state index in [0.717, 1.165) is 5.56 Å². The van der Waals surface area contributed by atoms with Crippen molar-refractivity contribution in [2.45, 2.75) is 39.6 Å². The number of benzene rings is 2. The highest BCUT2D eigenvalue weighted by Gasteiger charge is 2.19. The summed E-state index contributed by atoms with van der Waals surface area (Å²) >= 11 is 6.13. The Balaban J connectivity index is 1.66. The van der Waals surface area contributed by atoms with Gasteiger partial charge in [0.2, 0.25) is 0 Å². The molecule has 0 radical (unpaired) electrons. The fraction of sp³-hybridized carbons (Fsp3) is 0.333. The van der Waals surface area contributed by atoms with Crippen molar-refractivity contribution >= 4 is 29.4 Å². The minimum absolute atomic E-state index is 0.00848. The van der Waals surface area contributed by atoms with Crippen molar-refractivity contribution in [1.29, 1.82) is 0 Å². The molecule has 0 aromatic heterocycles. The quantitative estimate of drug-likeness (QED) is 0.709. The van der Waals surface area contributed by atoms with Gasteiger partial charge in [0.1, 0.15) is 18.0 Å². The molecule has 7 nitrogen and oxygen atoms in total. The lowest BCUT2D eigenvalue weighted by Gasteiger charge is -2.21. The topological polar surface area (TPSA) is 83.1 Å². The Labute approximate surface area is 173 Å². The van der Waals surface area contributed by atoms with Gasteiger partial charge in [0, 0.05) is 21.8 Å². The van der Waals surface area contributed by atoms with Crippen molar-refractivity contribution in [3.05, 3.63) is 58.1 Å². The number of rotatable bonds is 4. The number of fused-ring (bicyclic) bond motifs is 1. The summed E-state index contributed by atoms with van der Waals surface area (Å²) in [7, 11) is 0. The number of hydrogen-bond acceptors (Lipinski definition) is 6. The van der Waals surface area contributed by atoms with E-state index >= 15 is 0 Å². The Bertz CT molecular complexity index is 922. The van der Waals surface area contributed by atoms with Crippen LogP contribution in [0.25, 0.3) is 0 Å². The van der Waals surface area contributed by atoms with Gasteiger partial charge >= 0.3 is 12.1 Å². The standard InChI is InChI=1S/C21H22ClNO6/c1-21(2,3)29-20(25)23-17-6-4-5-13(9-17)19(24)27-11-15-8-16(22)7-14-10-26-12-28-18(14)15/h4-9H,10-12H2,1-3H3,(H,23,25). The van der Waals surface area contributed by atoms with Crippen LogP contribution in [0.1, 0.15) is 42.3 Å². The maximum absolute atomic E-state index is 12.5. The Hall–Kier alpha value is -2.77. The summed E-state index contributed by atoms with van der Waals surface area (Å²) in [6, 6.07) is 9.87. The molecule has 1 N–H and O–H groups in total. The second kappa shape index (κ2) is 8.71. The zero-order valence-corrected chi connectivity index (χ0v) is 17.2. The molecular weight excluding hydrogens is 398 g/mol. The lowest BCUT2D eigenvalue weighted by molar-refractivity contribution is -0.0180. The molecule has 29 heavy (non-hydrogen) atoms. The summed E-state index contributed by atoms with van der Waals surface area (Å²) in [6.07, 6.45) is -0.604.